The molecule has 0 amide bonds. The highest BCUT2D eigenvalue weighted by Gasteiger charge is 2.39. The van der Waals surface area contributed by atoms with Crippen LogP contribution in [0, 0.1) is 68.2 Å². The quantitative estimate of drug-likeness (QED) is 0.0285. The predicted octanol–water partition coefficient (Wildman–Crippen LogP) is 27.0. The Morgan fingerprint density at radius 3 is 0.965 bits per heavy atom. The van der Waals surface area contributed by atoms with E-state index in [-0.39, 0.29) is 98.2 Å². The van der Waals surface area contributed by atoms with Crippen LogP contribution in [-0.2, 0) is 69.5 Å². The van der Waals surface area contributed by atoms with E-state index in [1.807, 2.05) is 135 Å². The number of methoxy groups -OCH3 is 9. The van der Waals surface area contributed by atoms with E-state index in [2.05, 4.69) is 13.8 Å². The van der Waals surface area contributed by atoms with Crippen LogP contribution in [0.2, 0.25) is 0 Å². The summed E-state index contributed by atoms with van der Waals surface area (Å²) in [4.78, 5) is 0. The Labute approximate surface area is 833 Å². The van der Waals surface area contributed by atoms with Crippen LogP contribution in [0.3, 0.4) is 0 Å². The van der Waals surface area contributed by atoms with Crippen LogP contribution in [-0.4, -0.2) is 186 Å². The minimum Gasteiger partial charge on any atom is -0.496 e. The van der Waals surface area contributed by atoms with Crippen LogP contribution in [0.4, 0.5) is 65.9 Å². The highest BCUT2D eigenvalue weighted by Crippen LogP contribution is 2.43. The van der Waals surface area contributed by atoms with Gasteiger partial charge in [-0.15, -0.1) is 0 Å². The van der Waals surface area contributed by atoms with Crippen molar-refractivity contribution in [3.05, 3.63) is 247 Å². The second-order valence-electron chi connectivity index (χ2n) is 34.2. The smallest absolute Gasteiger partial charge is 0.419 e. The average molecular weight is 2050 g/mol. The summed E-state index contributed by atoms with van der Waals surface area (Å²) in [5, 5.41) is 9.28. The van der Waals surface area contributed by atoms with Gasteiger partial charge in [0.05, 0.1) is 121 Å². The van der Waals surface area contributed by atoms with Crippen molar-refractivity contribution >= 4 is 0 Å². The fourth-order valence-corrected chi connectivity index (χ4v) is 12.3. The molecule has 143 heavy (non-hydrogen) atoms. The molecule has 0 aromatic heterocycles. The first-order chi connectivity index (χ1) is 67.0. The summed E-state index contributed by atoms with van der Waals surface area (Å²) >= 11 is 0. The normalized spacial score (nSPS) is 13.1. The lowest BCUT2D eigenvalue weighted by atomic mass is 9.84. The topological polar surface area (TPSA) is 196 Å². The van der Waals surface area contributed by atoms with Crippen molar-refractivity contribution in [3.8, 4) is 69.0 Å². The number of aliphatic hydroxyl groups is 1. The zero-order valence-corrected chi connectivity index (χ0v) is 87.0. The molecule has 1 fully saturated rings. The predicted molar refractivity (Wildman–Crippen MR) is 524 cm³/mol. The van der Waals surface area contributed by atoms with Gasteiger partial charge < -0.3 is 95.1 Å². The van der Waals surface area contributed by atoms with Crippen molar-refractivity contribution in [2.24, 2.45) is 5.92 Å². The molecule has 1 heterocycles. The number of aryl methyl sites for hydroxylation is 9. The molecular formula is C108H145F15O20. The van der Waals surface area contributed by atoms with Crippen molar-refractivity contribution in [1.29, 1.82) is 0 Å². The van der Waals surface area contributed by atoms with Crippen molar-refractivity contribution in [3.63, 3.8) is 0 Å². The molecule has 9 aromatic rings. The SMILES string of the molecule is CCOCCOc1ccc(C)cc1C(F)(F)F.COCCCOc1ccc(C)cc1C(F)(F)F.COC[C@H](C)Oc1ccc(C)cc1C(F)(F)F.COC[C@H](C)Oc1ccc(C)cc1OC.CO[C@H](C)COc1ccc(C)cc1C(F)(F)F.COc1cc(C)ccc1C(C)(C)CO.COc1cc(C)ccc1OCC(C)C.COc1cc(C)ccc1OC[C@H](C)OC.Cc1ccc(O[C@@H]2CCOC2)c(C(F)(F)F)c1. The summed E-state index contributed by atoms with van der Waals surface area (Å²) in [6.07, 6.45) is -21.7. The van der Waals surface area contributed by atoms with E-state index in [0.29, 0.717) is 86.2 Å². The number of hydrogen-bond acceptors (Lipinski definition) is 20. The van der Waals surface area contributed by atoms with Crippen molar-refractivity contribution < 1.29 is 161 Å². The first-order valence-corrected chi connectivity index (χ1v) is 45.9. The molecule has 0 bridgehead atoms. The van der Waals surface area contributed by atoms with E-state index in [1.54, 1.807) is 121 Å². The van der Waals surface area contributed by atoms with Gasteiger partial charge in [-0.05, 0) is 228 Å². The van der Waals surface area contributed by atoms with Crippen molar-refractivity contribution in [2.75, 3.05) is 150 Å². The van der Waals surface area contributed by atoms with E-state index in [9.17, 15) is 71.0 Å². The van der Waals surface area contributed by atoms with E-state index >= 15 is 0 Å². The number of ether oxygens (including phenoxy) is 19. The third-order valence-corrected chi connectivity index (χ3v) is 20.0. The fourth-order valence-electron chi connectivity index (χ4n) is 12.3. The highest BCUT2D eigenvalue weighted by molar-refractivity contribution is 5.48. The molecule has 1 N–H and O–H groups in total. The fraction of sp³-hybridized carbons (Fsp3) is 0.500. The Hall–Kier alpha value is -10.8. The number of aliphatic hydroxyl groups excluding tert-OH is 1. The minimum absolute atomic E-state index is 0.0200. The first-order valence-electron chi connectivity index (χ1n) is 45.9. The molecule has 0 aliphatic carbocycles. The molecule has 1 aliphatic heterocycles. The van der Waals surface area contributed by atoms with Crippen LogP contribution in [0.15, 0.2) is 164 Å². The van der Waals surface area contributed by atoms with Crippen LogP contribution in [0.25, 0.3) is 0 Å². The number of alkyl halides is 15. The molecule has 35 heteroatoms. The van der Waals surface area contributed by atoms with E-state index in [4.69, 9.17) is 90.0 Å². The summed E-state index contributed by atoms with van der Waals surface area (Å²) in [5.74, 6) is 5.35. The largest absolute Gasteiger partial charge is 0.496 e. The van der Waals surface area contributed by atoms with Gasteiger partial charge in [-0.3, -0.25) is 0 Å². The standard InChI is InChI=1S/C12H13F3O2.4C12H15F3O2.2C12H18O3.2C12H18O2/c1-8-2-3-11(10(6-8)12(13,14)15)17-9-4-5-16-7-9;1-8-4-5-11(17-7-9(2)16-3)10(6-8)12(13,14)15;1-8-4-5-11(17-9(2)7-16-3)10(6-8)12(13,14)15;1-9-4-5-11(17-7-3-6-16-2)10(8-9)12(13,14)15;1-3-16-6-7-17-11-5-4-9(2)8-10(11)12(13,14)15;1-9-5-6-11(12(7-9)14-4)15-8-10(2)13-3;1-9-5-6-11(12(7-9)14-4)15-10(2)8-13-3;1-9-5-6-10(11(7-9)14-4)12(2,3)8-13;1-9(2)8-14-11-6-5-10(3)7-12(11)13-4/h2-3,6,9H,4-5,7H2,1H3;2*4-6,9H,7H2,1-3H3;2*4-5,8H,3,6-7H2,1-2H3;2*5-7,10H,8H2,1-4H3;5-7,13H,8H2,1-4H3;5-7,9H,8H2,1-4H3/t3*9-;;;2*10-;;/m110..00../s1. The third-order valence-electron chi connectivity index (χ3n) is 20.0. The lowest BCUT2D eigenvalue weighted by Crippen LogP contribution is -2.22. The monoisotopic (exact) mass is 2050 g/mol. The minimum atomic E-state index is -4.41. The molecule has 0 spiro atoms. The zero-order chi connectivity index (χ0) is 108. The Bertz CT molecular complexity index is 5000. The average Bonchev–Trinajstić information content (AvgIpc) is 1.58. The van der Waals surface area contributed by atoms with Crippen LogP contribution >= 0.6 is 0 Å². The van der Waals surface area contributed by atoms with Gasteiger partial charge in [0.1, 0.15) is 72.6 Å². The summed E-state index contributed by atoms with van der Waals surface area (Å²) in [7, 11) is 14.4. The molecule has 9 aromatic carbocycles. The molecule has 1 aliphatic rings. The second kappa shape index (κ2) is 64.9. The van der Waals surface area contributed by atoms with Gasteiger partial charge in [0.15, 0.2) is 34.5 Å². The van der Waals surface area contributed by atoms with E-state index in [0.717, 1.165) is 93.9 Å². The maximum absolute atomic E-state index is 12.8. The number of benzene rings is 9. The van der Waals surface area contributed by atoms with Gasteiger partial charge in [-0.1, -0.05) is 116 Å². The lowest BCUT2D eigenvalue weighted by Gasteiger charge is -2.24. The van der Waals surface area contributed by atoms with Gasteiger partial charge in [-0.25, -0.2) is 0 Å². The molecule has 10 rings (SSSR count). The molecule has 0 saturated carbocycles. The molecule has 0 radical (unpaired) electrons. The lowest BCUT2D eigenvalue weighted by molar-refractivity contribution is -0.140. The molecule has 0 unspecified atom stereocenters. The van der Waals surface area contributed by atoms with Crippen molar-refractivity contribution in [1.82, 2.24) is 0 Å². The van der Waals surface area contributed by atoms with E-state index < -0.39 is 64.8 Å². The summed E-state index contributed by atoms with van der Waals surface area (Å²) in [6.45, 7) is 38.3. The zero-order valence-electron chi connectivity index (χ0n) is 87.0. The molecular weight excluding hydrogens is 1900 g/mol. The number of hydrogen-bond donors (Lipinski definition) is 1. The van der Waals surface area contributed by atoms with Gasteiger partial charge in [-0.2, -0.15) is 65.9 Å². The summed E-state index contributed by atoms with van der Waals surface area (Å²) < 4.78 is 289. The Balaban J connectivity index is 0.000000544. The molecule has 20 nitrogen and oxygen atoms in total. The van der Waals surface area contributed by atoms with Crippen molar-refractivity contribution in [2.45, 2.75) is 204 Å². The summed E-state index contributed by atoms with van der Waals surface area (Å²) in [5.41, 5.74) is 4.52. The third kappa shape index (κ3) is 50.0. The van der Waals surface area contributed by atoms with Gasteiger partial charge in [0.25, 0.3) is 0 Å². The highest BCUT2D eigenvalue weighted by atomic mass is 19.4. The number of halogens is 15. The molecule has 1 saturated heterocycles. The van der Waals surface area contributed by atoms with Gasteiger partial charge in [0, 0.05) is 72.6 Å². The maximum Gasteiger partial charge on any atom is 0.419 e. The Morgan fingerprint density at radius 2 is 0.622 bits per heavy atom. The molecule has 5 atom stereocenters. The Morgan fingerprint density at radius 1 is 0.315 bits per heavy atom. The maximum atomic E-state index is 12.8. The summed E-state index contributed by atoms with van der Waals surface area (Å²) in [6, 6.07) is 43.9. The second-order valence-corrected chi connectivity index (χ2v) is 34.2. The van der Waals surface area contributed by atoms with E-state index in [1.165, 1.54) is 62.8 Å². The van der Waals surface area contributed by atoms with Crippen LogP contribution in [0.5, 0.6) is 69.0 Å². The number of rotatable bonds is 37. The first kappa shape index (κ1) is 128. The van der Waals surface area contributed by atoms with Crippen LogP contribution < -0.4 is 56.8 Å². The Kier molecular flexibility index (Phi) is 58.2. The van der Waals surface area contributed by atoms with Gasteiger partial charge in [0.2, 0.25) is 0 Å². The molecule has 802 valence electrons. The van der Waals surface area contributed by atoms with Gasteiger partial charge >= 0.3 is 30.9 Å². The van der Waals surface area contributed by atoms with Crippen LogP contribution in [0.1, 0.15) is 159 Å².